The van der Waals surface area contributed by atoms with E-state index in [0.717, 1.165) is 6.42 Å². The number of imide groups is 1. The molecule has 1 rings (SSSR count). The van der Waals surface area contributed by atoms with E-state index in [2.05, 4.69) is 5.32 Å². The van der Waals surface area contributed by atoms with Crippen LogP contribution < -0.4 is 5.32 Å². The minimum Gasteiger partial charge on any atom is -0.296 e. The molecule has 1 aliphatic heterocycles. The molecular weight excluding hydrogens is 142 g/mol. The molecule has 0 aromatic heterocycles. The van der Waals surface area contributed by atoms with Crippen molar-refractivity contribution in [1.82, 2.24) is 5.32 Å². The first-order valence-electron chi connectivity index (χ1n) is 3.98. The fraction of sp³-hybridized carbons (Fsp3) is 0.750. The lowest BCUT2D eigenvalue weighted by Gasteiger charge is -2.25. The van der Waals surface area contributed by atoms with Crippen molar-refractivity contribution >= 4 is 11.8 Å². The summed E-state index contributed by atoms with van der Waals surface area (Å²) in [6.45, 7) is 3.92. The molecule has 0 radical (unpaired) electrons. The summed E-state index contributed by atoms with van der Waals surface area (Å²) in [5, 5.41) is 2.33. The van der Waals surface area contributed by atoms with Crippen molar-refractivity contribution < 1.29 is 9.59 Å². The van der Waals surface area contributed by atoms with Crippen LogP contribution in [-0.2, 0) is 9.59 Å². The molecule has 0 aromatic rings. The zero-order valence-corrected chi connectivity index (χ0v) is 6.89. The molecule has 3 heteroatoms. The molecule has 1 fully saturated rings. The van der Waals surface area contributed by atoms with Gasteiger partial charge in [0, 0.05) is 12.3 Å². The smallest absolute Gasteiger partial charge is 0.229 e. The quantitative estimate of drug-likeness (QED) is 0.566. The summed E-state index contributed by atoms with van der Waals surface area (Å²) in [5.74, 6) is 0.0115. The van der Waals surface area contributed by atoms with E-state index in [-0.39, 0.29) is 23.7 Å². The van der Waals surface area contributed by atoms with Crippen LogP contribution in [0.3, 0.4) is 0 Å². The molecule has 1 N–H and O–H groups in total. The highest BCUT2D eigenvalue weighted by Gasteiger charge is 2.31. The second-order valence-corrected chi connectivity index (χ2v) is 3.11. The second-order valence-electron chi connectivity index (χ2n) is 3.11. The predicted molar refractivity (Wildman–Crippen MR) is 40.7 cm³/mol. The zero-order valence-electron chi connectivity index (χ0n) is 6.89. The number of carbonyl (C=O) groups excluding carboxylic acids is 2. The minimum atomic E-state index is -0.132. The third-order valence-electron chi connectivity index (χ3n) is 2.23. The van der Waals surface area contributed by atoms with Gasteiger partial charge in [-0.25, -0.2) is 0 Å². The van der Waals surface area contributed by atoms with Gasteiger partial charge in [0.2, 0.25) is 11.8 Å². The van der Waals surface area contributed by atoms with Crippen LogP contribution in [0, 0.1) is 11.8 Å². The van der Waals surface area contributed by atoms with Gasteiger partial charge in [-0.3, -0.25) is 14.9 Å². The van der Waals surface area contributed by atoms with E-state index in [1.165, 1.54) is 0 Å². The summed E-state index contributed by atoms with van der Waals surface area (Å²) in [7, 11) is 0. The number of rotatable bonds is 1. The first kappa shape index (κ1) is 8.24. The van der Waals surface area contributed by atoms with E-state index in [9.17, 15) is 9.59 Å². The van der Waals surface area contributed by atoms with Gasteiger partial charge >= 0.3 is 0 Å². The van der Waals surface area contributed by atoms with Gasteiger partial charge < -0.3 is 0 Å². The van der Waals surface area contributed by atoms with Crippen LogP contribution >= 0.6 is 0 Å². The summed E-state index contributed by atoms with van der Waals surface area (Å²) >= 11 is 0. The molecule has 3 nitrogen and oxygen atoms in total. The van der Waals surface area contributed by atoms with Crippen molar-refractivity contribution in [3.8, 4) is 0 Å². The highest BCUT2D eigenvalue weighted by atomic mass is 16.2. The molecule has 2 amide bonds. The van der Waals surface area contributed by atoms with Crippen LogP contribution in [0.1, 0.15) is 26.7 Å². The lowest BCUT2D eigenvalue weighted by atomic mass is 9.85. The Morgan fingerprint density at radius 1 is 1.55 bits per heavy atom. The Balaban J connectivity index is 2.66. The summed E-state index contributed by atoms with van der Waals surface area (Å²) < 4.78 is 0. The summed E-state index contributed by atoms with van der Waals surface area (Å²) in [6, 6.07) is 0. The van der Waals surface area contributed by atoms with Crippen molar-refractivity contribution in [2.24, 2.45) is 11.8 Å². The lowest BCUT2D eigenvalue weighted by molar-refractivity contribution is -0.138. The van der Waals surface area contributed by atoms with Crippen molar-refractivity contribution in [1.29, 1.82) is 0 Å². The van der Waals surface area contributed by atoms with Crippen LogP contribution in [0.25, 0.3) is 0 Å². The van der Waals surface area contributed by atoms with Gasteiger partial charge in [0.1, 0.15) is 0 Å². The molecule has 1 aliphatic rings. The van der Waals surface area contributed by atoms with Gasteiger partial charge in [-0.1, -0.05) is 13.8 Å². The maximum absolute atomic E-state index is 11.1. The first-order valence-corrected chi connectivity index (χ1v) is 3.98. The van der Waals surface area contributed by atoms with Gasteiger partial charge in [-0.15, -0.1) is 0 Å². The van der Waals surface area contributed by atoms with Crippen molar-refractivity contribution in [2.75, 3.05) is 0 Å². The molecule has 0 aromatic carbocycles. The van der Waals surface area contributed by atoms with Gasteiger partial charge in [0.05, 0.1) is 0 Å². The fourth-order valence-corrected chi connectivity index (χ4v) is 1.56. The van der Waals surface area contributed by atoms with E-state index >= 15 is 0 Å². The SMILES string of the molecule is CCC1C(=O)NC(=O)CC1C. The number of piperidine rings is 1. The lowest BCUT2D eigenvalue weighted by Crippen LogP contribution is -2.44. The Labute approximate surface area is 66.2 Å². The molecule has 2 atom stereocenters. The summed E-state index contributed by atoms with van der Waals surface area (Å²) in [6.07, 6.45) is 1.31. The Bertz CT molecular complexity index is 189. The number of nitrogens with one attached hydrogen (secondary N) is 1. The maximum atomic E-state index is 11.1. The van der Waals surface area contributed by atoms with E-state index in [0.29, 0.717) is 6.42 Å². The number of hydrogen-bond donors (Lipinski definition) is 1. The topological polar surface area (TPSA) is 46.2 Å². The number of amides is 2. The van der Waals surface area contributed by atoms with Crippen molar-refractivity contribution in [3.63, 3.8) is 0 Å². The Morgan fingerprint density at radius 2 is 2.18 bits per heavy atom. The van der Waals surface area contributed by atoms with Gasteiger partial charge in [-0.2, -0.15) is 0 Å². The monoisotopic (exact) mass is 155 g/mol. The molecule has 1 saturated heterocycles. The van der Waals surface area contributed by atoms with E-state index in [1.807, 2.05) is 13.8 Å². The van der Waals surface area contributed by atoms with Crippen LogP contribution in [0.5, 0.6) is 0 Å². The van der Waals surface area contributed by atoms with Crippen LogP contribution in [-0.4, -0.2) is 11.8 Å². The predicted octanol–water partition coefficient (Wildman–Crippen LogP) is 0.695. The van der Waals surface area contributed by atoms with Crippen LogP contribution in [0.4, 0.5) is 0 Å². The van der Waals surface area contributed by atoms with E-state index < -0.39 is 0 Å². The molecule has 0 bridgehead atoms. The number of carbonyl (C=O) groups is 2. The summed E-state index contributed by atoms with van der Waals surface area (Å²) in [5.41, 5.74) is 0. The average molecular weight is 155 g/mol. The van der Waals surface area contributed by atoms with E-state index in [4.69, 9.17) is 0 Å². The Hall–Kier alpha value is -0.860. The van der Waals surface area contributed by atoms with Gasteiger partial charge in [0.25, 0.3) is 0 Å². The second kappa shape index (κ2) is 3.03. The minimum absolute atomic E-state index is 0.0349. The highest BCUT2D eigenvalue weighted by Crippen LogP contribution is 2.22. The molecule has 11 heavy (non-hydrogen) atoms. The van der Waals surface area contributed by atoms with E-state index in [1.54, 1.807) is 0 Å². The first-order chi connectivity index (χ1) is 5.15. The highest BCUT2D eigenvalue weighted by molar-refractivity contribution is 5.98. The Kier molecular flexibility index (Phi) is 2.27. The molecule has 0 aliphatic carbocycles. The van der Waals surface area contributed by atoms with Crippen molar-refractivity contribution in [2.45, 2.75) is 26.7 Å². The fourth-order valence-electron chi connectivity index (χ4n) is 1.56. The normalized spacial score (nSPS) is 31.8. The third kappa shape index (κ3) is 1.59. The Morgan fingerprint density at radius 3 is 2.64 bits per heavy atom. The maximum Gasteiger partial charge on any atom is 0.229 e. The van der Waals surface area contributed by atoms with Crippen LogP contribution in [0.15, 0.2) is 0 Å². The van der Waals surface area contributed by atoms with Crippen LogP contribution in [0.2, 0.25) is 0 Å². The largest absolute Gasteiger partial charge is 0.296 e. The van der Waals surface area contributed by atoms with Crippen molar-refractivity contribution in [3.05, 3.63) is 0 Å². The average Bonchev–Trinajstić information content (AvgIpc) is 1.85. The molecule has 0 spiro atoms. The van der Waals surface area contributed by atoms with Gasteiger partial charge in [-0.05, 0) is 12.3 Å². The molecule has 1 heterocycles. The standard InChI is InChI=1S/C8H13NO2/c1-3-6-5(2)4-7(10)9-8(6)11/h5-6H,3-4H2,1-2H3,(H,9,10,11). The number of hydrogen-bond acceptors (Lipinski definition) is 2. The summed E-state index contributed by atoms with van der Waals surface area (Å²) in [4.78, 5) is 21.9. The molecule has 0 saturated carbocycles. The zero-order chi connectivity index (χ0) is 8.43. The molecular formula is C8H13NO2. The molecule has 62 valence electrons. The van der Waals surface area contributed by atoms with Gasteiger partial charge in [0.15, 0.2) is 0 Å². The molecule has 2 unspecified atom stereocenters. The third-order valence-corrected chi connectivity index (χ3v) is 2.23.